The first-order valence-electron chi connectivity index (χ1n) is 6.29. The maximum absolute atomic E-state index is 12.0. The summed E-state index contributed by atoms with van der Waals surface area (Å²) < 4.78 is 9.95. The maximum atomic E-state index is 12.0. The second-order valence-electron chi connectivity index (χ2n) is 4.02. The van der Waals surface area contributed by atoms with Crippen molar-refractivity contribution >= 4 is 11.9 Å². The summed E-state index contributed by atoms with van der Waals surface area (Å²) in [6.45, 7) is 1.81. The molecule has 1 heterocycles. The average molecular weight is 273 g/mol. The van der Waals surface area contributed by atoms with Crippen molar-refractivity contribution in [1.82, 2.24) is 5.32 Å². The molecule has 0 unspecified atom stereocenters. The fourth-order valence-corrected chi connectivity index (χ4v) is 1.77. The highest BCUT2D eigenvalue weighted by Gasteiger charge is 2.17. The van der Waals surface area contributed by atoms with Crippen LogP contribution in [0.15, 0.2) is 47.1 Å². The van der Waals surface area contributed by atoms with Gasteiger partial charge in [-0.15, -0.1) is 0 Å². The Labute approximate surface area is 116 Å². The molecule has 5 nitrogen and oxygen atoms in total. The molecule has 0 spiro atoms. The van der Waals surface area contributed by atoms with Crippen LogP contribution in [-0.4, -0.2) is 25.0 Å². The molecule has 0 saturated carbocycles. The van der Waals surface area contributed by atoms with Crippen LogP contribution in [0.5, 0.6) is 0 Å². The van der Waals surface area contributed by atoms with E-state index >= 15 is 0 Å². The molecule has 2 rings (SSSR count). The van der Waals surface area contributed by atoms with Gasteiger partial charge in [0, 0.05) is 5.56 Å². The molecule has 1 N–H and O–H groups in total. The second-order valence-corrected chi connectivity index (χ2v) is 4.02. The number of rotatable bonds is 5. The van der Waals surface area contributed by atoms with Crippen molar-refractivity contribution in [3.63, 3.8) is 0 Å². The number of carbonyl (C=O) groups is 2. The van der Waals surface area contributed by atoms with E-state index in [9.17, 15) is 9.59 Å². The number of benzene rings is 1. The van der Waals surface area contributed by atoms with Crippen LogP contribution in [0.1, 0.15) is 17.5 Å². The molecule has 1 amide bonds. The molecule has 0 aliphatic heterocycles. The molecule has 5 heteroatoms. The van der Waals surface area contributed by atoms with Gasteiger partial charge in [-0.1, -0.05) is 30.3 Å². The maximum Gasteiger partial charge on any atom is 0.325 e. The second kappa shape index (κ2) is 6.56. The summed E-state index contributed by atoms with van der Waals surface area (Å²) in [4.78, 5) is 23.2. The Morgan fingerprint density at radius 1 is 1.20 bits per heavy atom. The van der Waals surface area contributed by atoms with Crippen LogP contribution in [0.4, 0.5) is 0 Å². The van der Waals surface area contributed by atoms with Crippen molar-refractivity contribution in [3.05, 3.63) is 48.4 Å². The van der Waals surface area contributed by atoms with Gasteiger partial charge in [0.2, 0.25) is 0 Å². The standard InChI is InChI=1S/C15H15NO4/c1-2-19-13(17)10-16-15(18)14-12(8-9-20-14)11-6-4-3-5-7-11/h3-9H,2,10H2,1H3,(H,16,18). The molecule has 0 aliphatic rings. The number of hydrogen-bond donors (Lipinski definition) is 1. The van der Waals surface area contributed by atoms with Gasteiger partial charge in [0.05, 0.1) is 12.9 Å². The third-order valence-electron chi connectivity index (χ3n) is 2.65. The molecule has 0 radical (unpaired) electrons. The first kappa shape index (κ1) is 13.9. The third kappa shape index (κ3) is 3.26. The SMILES string of the molecule is CCOC(=O)CNC(=O)c1occc1-c1ccccc1. The van der Waals surface area contributed by atoms with E-state index in [4.69, 9.17) is 9.15 Å². The third-order valence-corrected chi connectivity index (χ3v) is 2.65. The van der Waals surface area contributed by atoms with Crippen molar-refractivity contribution in [3.8, 4) is 11.1 Å². The van der Waals surface area contributed by atoms with Gasteiger partial charge in [-0.3, -0.25) is 9.59 Å². The van der Waals surface area contributed by atoms with E-state index in [1.54, 1.807) is 13.0 Å². The van der Waals surface area contributed by atoms with Crippen molar-refractivity contribution in [1.29, 1.82) is 0 Å². The molecule has 0 atom stereocenters. The summed E-state index contributed by atoms with van der Waals surface area (Å²) in [5.74, 6) is -0.740. The van der Waals surface area contributed by atoms with Crippen LogP contribution in [0.3, 0.4) is 0 Å². The first-order chi connectivity index (χ1) is 9.72. The summed E-state index contributed by atoms with van der Waals surface area (Å²) in [5.41, 5.74) is 1.56. The van der Waals surface area contributed by atoms with Crippen LogP contribution in [-0.2, 0) is 9.53 Å². The molecule has 0 aliphatic carbocycles. The monoisotopic (exact) mass is 273 g/mol. The molecule has 1 aromatic carbocycles. The summed E-state index contributed by atoms with van der Waals surface area (Å²) in [6, 6.07) is 11.1. The average Bonchev–Trinajstić information content (AvgIpc) is 2.95. The number of ether oxygens (including phenoxy) is 1. The fraction of sp³-hybridized carbons (Fsp3) is 0.200. The van der Waals surface area contributed by atoms with E-state index in [2.05, 4.69) is 5.32 Å². The Hall–Kier alpha value is -2.56. The smallest absolute Gasteiger partial charge is 0.325 e. The van der Waals surface area contributed by atoms with Crippen molar-refractivity contribution in [2.75, 3.05) is 13.2 Å². The number of amides is 1. The molecule has 0 saturated heterocycles. The molecule has 104 valence electrons. The largest absolute Gasteiger partial charge is 0.465 e. The molecule has 0 fully saturated rings. The summed E-state index contributed by atoms with van der Waals surface area (Å²) in [5, 5.41) is 2.47. The fourth-order valence-electron chi connectivity index (χ4n) is 1.77. The molecular formula is C15H15NO4. The first-order valence-corrected chi connectivity index (χ1v) is 6.29. The molecule has 0 bridgehead atoms. The minimum atomic E-state index is -0.478. The topological polar surface area (TPSA) is 68.5 Å². The number of carbonyl (C=O) groups excluding carboxylic acids is 2. The lowest BCUT2D eigenvalue weighted by atomic mass is 10.1. The van der Waals surface area contributed by atoms with E-state index in [-0.39, 0.29) is 18.9 Å². The van der Waals surface area contributed by atoms with Crippen LogP contribution >= 0.6 is 0 Å². The van der Waals surface area contributed by atoms with Gasteiger partial charge in [0.15, 0.2) is 5.76 Å². The molecule has 20 heavy (non-hydrogen) atoms. The van der Waals surface area contributed by atoms with Gasteiger partial charge >= 0.3 is 5.97 Å². The van der Waals surface area contributed by atoms with Crippen LogP contribution in [0.25, 0.3) is 11.1 Å². The predicted octanol–water partition coefficient (Wildman–Crippen LogP) is 2.24. The molecular weight excluding hydrogens is 258 g/mol. The Morgan fingerprint density at radius 2 is 1.95 bits per heavy atom. The summed E-state index contributed by atoms with van der Waals surface area (Å²) in [7, 11) is 0. The predicted molar refractivity (Wildman–Crippen MR) is 73.1 cm³/mol. The minimum absolute atomic E-state index is 0.179. The van der Waals surface area contributed by atoms with Crippen molar-refractivity contribution < 1.29 is 18.7 Å². The Balaban J connectivity index is 2.08. The van der Waals surface area contributed by atoms with Crippen LogP contribution in [0.2, 0.25) is 0 Å². The minimum Gasteiger partial charge on any atom is -0.465 e. The zero-order valence-corrected chi connectivity index (χ0v) is 11.1. The van der Waals surface area contributed by atoms with Gasteiger partial charge in [-0.05, 0) is 18.6 Å². The Bertz CT molecular complexity index is 589. The normalized spacial score (nSPS) is 10.1. The van der Waals surface area contributed by atoms with E-state index in [1.807, 2.05) is 30.3 Å². The zero-order chi connectivity index (χ0) is 14.4. The van der Waals surface area contributed by atoms with Gasteiger partial charge < -0.3 is 14.5 Å². The van der Waals surface area contributed by atoms with Crippen molar-refractivity contribution in [2.45, 2.75) is 6.92 Å². The summed E-state index contributed by atoms with van der Waals surface area (Å²) in [6.07, 6.45) is 1.45. The highest BCUT2D eigenvalue weighted by Crippen LogP contribution is 2.24. The van der Waals surface area contributed by atoms with E-state index in [1.165, 1.54) is 6.26 Å². The lowest BCUT2D eigenvalue weighted by Gasteiger charge is -2.05. The Kier molecular flexibility index (Phi) is 4.55. The van der Waals surface area contributed by atoms with Gasteiger partial charge in [0.1, 0.15) is 6.54 Å². The van der Waals surface area contributed by atoms with Gasteiger partial charge in [-0.25, -0.2) is 0 Å². The quantitative estimate of drug-likeness (QED) is 0.848. The highest BCUT2D eigenvalue weighted by molar-refractivity contribution is 5.99. The van der Waals surface area contributed by atoms with E-state index in [0.29, 0.717) is 5.56 Å². The van der Waals surface area contributed by atoms with E-state index < -0.39 is 11.9 Å². The number of nitrogens with one attached hydrogen (secondary N) is 1. The number of furan rings is 1. The molecule has 1 aromatic heterocycles. The highest BCUT2D eigenvalue weighted by atomic mass is 16.5. The Morgan fingerprint density at radius 3 is 2.65 bits per heavy atom. The van der Waals surface area contributed by atoms with Gasteiger partial charge in [-0.2, -0.15) is 0 Å². The zero-order valence-electron chi connectivity index (χ0n) is 11.1. The van der Waals surface area contributed by atoms with E-state index in [0.717, 1.165) is 5.56 Å². The molecule has 2 aromatic rings. The number of hydrogen-bond acceptors (Lipinski definition) is 4. The van der Waals surface area contributed by atoms with Crippen LogP contribution in [0, 0.1) is 0 Å². The van der Waals surface area contributed by atoms with Gasteiger partial charge in [0.25, 0.3) is 5.91 Å². The number of esters is 1. The lowest BCUT2D eigenvalue weighted by molar-refractivity contribution is -0.141. The van der Waals surface area contributed by atoms with Crippen LogP contribution < -0.4 is 5.32 Å². The van der Waals surface area contributed by atoms with Crippen molar-refractivity contribution in [2.24, 2.45) is 0 Å². The lowest BCUT2D eigenvalue weighted by Crippen LogP contribution is -2.30. The summed E-state index contributed by atoms with van der Waals surface area (Å²) >= 11 is 0.